The van der Waals surface area contributed by atoms with E-state index in [1.807, 2.05) is 0 Å². The number of nitrogens with zero attached hydrogens (tertiary/aromatic N) is 1. The number of methoxy groups -OCH3 is 1. The summed E-state index contributed by atoms with van der Waals surface area (Å²) in [5.74, 6) is 0. The summed E-state index contributed by atoms with van der Waals surface area (Å²) in [6, 6.07) is 0. The van der Waals surface area contributed by atoms with Crippen molar-refractivity contribution in [2.75, 3.05) is 45.2 Å². The van der Waals surface area contributed by atoms with E-state index in [0.717, 1.165) is 20.8 Å². The monoisotopic (exact) mass is 487 g/mol. The van der Waals surface area contributed by atoms with Gasteiger partial charge in [-0.1, -0.05) is 0 Å². The first kappa shape index (κ1) is 27.8. The molecule has 0 saturated heterocycles. The Balaban J connectivity index is 7.12. The van der Waals surface area contributed by atoms with Crippen molar-refractivity contribution in [2.45, 2.75) is 31.8 Å². The minimum absolute atomic E-state index is 0.0817. The Hall–Kier alpha value is -0.210. The van der Waals surface area contributed by atoms with Crippen LogP contribution >= 0.6 is 6.75 Å². The molecule has 0 saturated carbocycles. The predicted octanol–water partition coefficient (Wildman–Crippen LogP) is 3.14. The number of halogens is 6. The van der Waals surface area contributed by atoms with Crippen molar-refractivity contribution in [3.63, 3.8) is 0 Å². The van der Waals surface area contributed by atoms with E-state index < -0.39 is 66.1 Å². The van der Waals surface area contributed by atoms with Crippen LogP contribution in [0.25, 0.3) is 0 Å². The molecular formula is C12H24F6NO6PS2. The maximum absolute atomic E-state index is 13.3. The summed E-state index contributed by atoms with van der Waals surface area (Å²) in [5.41, 5.74) is -12.5. The standard InChI is InChI=1S/C12H24F6NO6PS2/c1-5-26(6-2,7-3,10-25-9-8-24-4)19(27(20,21)11(13,14)15)28(22,23)12(16,17)18/h5-10H2,1-4H3. The molecule has 28 heavy (non-hydrogen) atoms. The molecule has 0 rings (SSSR count). The van der Waals surface area contributed by atoms with Crippen LogP contribution < -0.4 is 0 Å². The Morgan fingerprint density at radius 2 is 1.14 bits per heavy atom. The summed E-state index contributed by atoms with van der Waals surface area (Å²) in [6.45, 7) is -1.92. The molecule has 16 heteroatoms. The molecule has 0 aliphatic heterocycles. The van der Waals surface area contributed by atoms with E-state index in [0.29, 0.717) is 0 Å². The summed E-state index contributed by atoms with van der Waals surface area (Å²) < 4.78 is 137. The molecule has 7 nitrogen and oxygen atoms in total. The average molecular weight is 487 g/mol. The van der Waals surface area contributed by atoms with Gasteiger partial charge in [0.05, 0.1) is 0 Å². The van der Waals surface area contributed by atoms with Crippen molar-refractivity contribution >= 4 is 26.8 Å². The van der Waals surface area contributed by atoms with E-state index in [4.69, 9.17) is 4.74 Å². The number of rotatable bonds is 11. The minimum atomic E-state index is -6.90. The molecule has 0 aromatic carbocycles. The van der Waals surface area contributed by atoms with Crippen LogP contribution in [0.3, 0.4) is 0 Å². The third-order valence-corrected chi connectivity index (χ3v) is 18.6. The van der Waals surface area contributed by atoms with E-state index >= 15 is 0 Å². The fraction of sp³-hybridized carbons (Fsp3) is 1.00. The zero-order chi connectivity index (χ0) is 22.7. The maximum atomic E-state index is 13.3. The number of hydrogen-bond donors (Lipinski definition) is 0. The molecule has 0 N–H and O–H groups in total. The van der Waals surface area contributed by atoms with Crippen molar-refractivity contribution < 1.29 is 52.7 Å². The first-order valence-electron chi connectivity index (χ1n) is 7.93. The van der Waals surface area contributed by atoms with Gasteiger partial charge in [0.15, 0.2) is 0 Å². The normalized spacial score (nSPS) is 16.2. The second kappa shape index (κ2) is 8.88. The Kier molecular flexibility index (Phi) is 8.82. The van der Waals surface area contributed by atoms with Gasteiger partial charge in [-0.3, -0.25) is 0 Å². The van der Waals surface area contributed by atoms with Crippen LogP contribution in [-0.2, 0) is 29.5 Å². The molecule has 0 heterocycles. The van der Waals surface area contributed by atoms with Gasteiger partial charge in [0.1, 0.15) is 0 Å². The molecule has 0 unspecified atom stereocenters. The van der Waals surface area contributed by atoms with Gasteiger partial charge >= 0.3 is 160 Å². The van der Waals surface area contributed by atoms with Crippen molar-refractivity contribution in [1.29, 1.82) is 0 Å². The van der Waals surface area contributed by atoms with E-state index in [-0.39, 0.29) is 13.2 Å². The van der Waals surface area contributed by atoms with Gasteiger partial charge in [0, 0.05) is 0 Å². The van der Waals surface area contributed by atoms with Gasteiger partial charge in [-0.05, 0) is 0 Å². The van der Waals surface area contributed by atoms with Crippen LogP contribution in [0.1, 0.15) is 20.8 Å². The van der Waals surface area contributed by atoms with Gasteiger partial charge in [-0.25, -0.2) is 0 Å². The topological polar surface area (TPSA) is 90.0 Å². The molecule has 0 radical (unpaired) electrons. The fourth-order valence-corrected chi connectivity index (χ4v) is 15.6. The number of ether oxygens (including phenoxy) is 2. The number of alkyl halides is 6. The summed E-state index contributed by atoms with van der Waals surface area (Å²) in [4.78, 5) is 0. The predicted molar refractivity (Wildman–Crippen MR) is 93.0 cm³/mol. The number of hydrogen-bond acceptors (Lipinski definition) is 6. The molecule has 0 aromatic heterocycles. The fourth-order valence-electron chi connectivity index (χ4n) is 2.69. The average Bonchev–Trinajstić information content (AvgIpc) is 2.55. The molecular weight excluding hydrogens is 463 g/mol. The van der Waals surface area contributed by atoms with Crippen LogP contribution in [0, 0.1) is 0 Å². The third-order valence-electron chi connectivity index (χ3n) is 4.75. The molecule has 0 aliphatic carbocycles. The van der Waals surface area contributed by atoms with Gasteiger partial charge in [0.25, 0.3) is 0 Å². The van der Waals surface area contributed by atoms with E-state index in [9.17, 15) is 43.2 Å². The van der Waals surface area contributed by atoms with E-state index in [1.54, 1.807) is 0 Å². The summed E-state index contributed by atoms with van der Waals surface area (Å²) in [6.07, 6.45) is -2.62. The van der Waals surface area contributed by atoms with Crippen LogP contribution in [0.5, 0.6) is 0 Å². The first-order valence-corrected chi connectivity index (χ1v) is 13.7. The molecule has 0 bridgehead atoms. The van der Waals surface area contributed by atoms with Gasteiger partial charge in [-0.2, -0.15) is 0 Å². The van der Waals surface area contributed by atoms with Crippen molar-refractivity contribution in [3.8, 4) is 0 Å². The van der Waals surface area contributed by atoms with Gasteiger partial charge in [-0.15, -0.1) is 0 Å². The zero-order valence-corrected chi connectivity index (χ0v) is 18.2. The quantitative estimate of drug-likeness (QED) is 0.253. The molecule has 0 atom stereocenters. The zero-order valence-electron chi connectivity index (χ0n) is 15.7. The molecule has 172 valence electrons. The number of sulfonamides is 2. The van der Waals surface area contributed by atoms with Crippen LogP contribution in [0.4, 0.5) is 26.3 Å². The van der Waals surface area contributed by atoms with Crippen molar-refractivity contribution in [3.05, 3.63) is 0 Å². The second-order valence-electron chi connectivity index (χ2n) is 5.97. The van der Waals surface area contributed by atoms with Crippen LogP contribution in [-0.4, -0.2) is 76.5 Å². The summed E-state index contributed by atoms with van der Waals surface area (Å²) in [5, 5.41) is 0. The first-order chi connectivity index (χ1) is 12.4. The molecule has 0 spiro atoms. The summed E-state index contributed by atoms with van der Waals surface area (Å²) in [7, 11) is -12.5. The van der Waals surface area contributed by atoms with E-state index in [2.05, 4.69) is 4.74 Å². The summed E-state index contributed by atoms with van der Waals surface area (Å²) >= 11 is 0. The Bertz CT molecular complexity index is 678. The molecule has 0 fully saturated rings. The second-order valence-corrected chi connectivity index (χ2v) is 16.7. The van der Waals surface area contributed by atoms with Crippen molar-refractivity contribution in [1.82, 2.24) is 3.48 Å². The molecule has 0 aliphatic rings. The SMILES string of the molecule is CCP(CC)(CC)(COCCOC)N(S(=O)(=O)C(F)(F)F)S(=O)(=O)C(F)(F)F. The van der Waals surface area contributed by atoms with E-state index in [1.165, 1.54) is 7.11 Å². The Morgan fingerprint density at radius 1 is 0.786 bits per heavy atom. The molecule has 0 amide bonds. The van der Waals surface area contributed by atoms with Gasteiger partial charge < -0.3 is 0 Å². The Morgan fingerprint density at radius 3 is 1.39 bits per heavy atom. The van der Waals surface area contributed by atoms with Crippen LogP contribution in [0.2, 0.25) is 0 Å². The van der Waals surface area contributed by atoms with Crippen molar-refractivity contribution in [2.24, 2.45) is 0 Å². The third kappa shape index (κ3) is 4.75. The van der Waals surface area contributed by atoms with Gasteiger partial charge in [0.2, 0.25) is 0 Å². The Labute approximate surface area is 160 Å². The van der Waals surface area contributed by atoms with Crippen LogP contribution in [0.15, 0.2) is 0 Å². The molecule has 0 aromatic rings.